The summed E-state index contributed by atoms with van der Waals surface area (Å²) in [5, 5.41) is 30.9. The predicted molar refractivity (Wildman–Crippen MR) is 143 cm³/mol. The highest BCUT2D eigenvalue weighted by molar-refractivity contribution is 7.98. The van der Waals surface area contributed by atoms with Crippen molar-refractivity contribution in [3.8, 4) is 6.07 Å². The Hall–Kier alpha value is -4.06. The van der Waals surface area contributed by atoms with Crippen molar-refractivity contribution in [3.05, 3.63) is 81.5 Å². The molecule has 1 aliphatic heterocycles. The summed E-state index contributed by atoms with van der Waals surface area (Å²) in [6, 6.07) is 13.1. The Bertz CT molecular complexity index is 1540. The molecule has 1 atom stereocenters. The zero-order chi connectivity index (χ0) is 28.2. The van der Waals surface area contributed by atoms with Gasteiger partial charge in [0, 0.05) is 37.9 Å². The number of hydrogen-bond acceptors (Lipinski definition) is 10. The molecule has 2 heterocycles. The quantitative estimate of drug-likeness (QED) is 0.164. The normalized spacial score (nSPS) is 15.3. The van der Waals surface area contributed by atoms with E-state index in [1.807, 2.05) is 6.07 Å². The number of aromatic nitrogens is 2. The maximum absolute atomic E-state index is 13.9. The van der Waals surface area contributed by atoms with Crippen LogP contribution in [0, 0.1) is 21.4 Å². The predicted octanol–water partition coefficient (Wildman–Crippen LogP) is 3.54. The van der Waals surface area contributed by atoms with Crippen molar-refractivity contribution in [2.24, 2.45) is 0 Å². The first-order valence-electron chi connectivity index (χ1n) is 11.8. The van der Waals surface area contributed by atoms with Gasteiger partial charge in [0.05, 0.1) is 16.6 Å². The molecule has 14 heteroatoms. The molecule has 0 aliphatic carbocycles. The lowest BCUT2D eigenvalue weighted by molar-refractivity contribution is -0.387. The maximum atomic E-state index is 13.9. The van der Waals surface area contributed by atoms with Gasteiger partial charge in [0.1, 0.15) is 11.4 Å². The van der Waals surface area contributed by atoms with E-state index in [1.165, 1.54) is 36.2 Å². The van der Waals surface area contributed by atoms with Gasteiger partial charge in [-0.25, -0.2) is 23.2 Å². The number of nitro groups is 1. The highest BCUT2D eigenvalue weighted by Crippen LogP contribution is 2.32. The summed E-state index contributed by atoms with van der Waals surface area (Å²) >= 11 is 1.25. The number of aromatic carboxylic acids is 1. The molecular weight excluding hydrogens is 544 g/mol. The molecule has 39 heavy (non-hydrogen) atoms. The summed E-state index contributed by atoms with van der Waals surface area (Å²) in [4.78, 5) is 32.7. The van der Waals surface area contributed by atoms with Crippen LogP contribution >= 0.6 is 11.8 Å². The average Bonchev–Trinajstić information content (AvgIpc) is 3.40. The third-order valence-electron chi connectivity index (χ3n) is 6.34. The molecule has 1 fully saturated rings. The fourth-order valence-electron chi connectivity index (χ4n) is 4.47. The number of anilines is 1. The van der Waals surface area contributed by atoms with E-state index in [9.17, 15) is 28.4 Å². The van der Waals surface area contributed by atoms with Crippen molar-refractivity contribution in [3.63, 3.8) is 0 Å². The van der Waals surface area contributed by atoms with Crippen LogP contribution in [0.2, 0.25) is 0 Å². The third-order valence-corrected chi connectivity index (χ3v) is 8.77. The van der Waals surface area contributed by atoms with E-state index in [0.717, 1.165) is 10.4 Å². The van der Waals surface area contributed by atoms with E-state index in [4.69, 9.17) is 5.26 Å². The van der Waals surface area contributed by atoms with Gasteiger partial charge in [-0.05, 0) is 42.9 Å². The van der Waals surface area contributed by atoms with Crippen LogP contribution < -0.4 is 4.90 Å². The van der Waals surface area contributed by atoms with Crippen molar-refractivity contribution >= 4 is 39.3 Å². The Morgan fingerprint density at radius 3 is 2.64 bits per heavy atom. The molecule has 0 saturated carbocycles. The molecule has 12 nitrogen and oxygen atoms in total. The minimum Gasteiger partial charge on any atom is -0.477 e. The van der Waals surface area contributed by atoms with Gasteiger partial charge in [-0.1, -0.05) is 36.0 Å². The molecule has 2 aromatic carbocycles. The van der Waals surface area contributed by atoms with E-state index in [1.54, 1.807) is 35.4 Å². The number of carbonyl (C=O) groups is 1. The van der Waals surface area contributed by atoms with Crippen LogP contribution in [0.3, 0.4) is 0 Å². The van der Waals surface area contributed by atoms with E-state index < -0.39 is 37.5 Å². The number of nitriles is 1. The molecule has 0 spiro atoms. The summed E-state index contributed by atoms with van der Waals surface area (Å²) in [5.41, 5.74) is 0.348. The largest absolute Gasteiger partial charge is 0.477 e. The molecule has 202 valence electrons. The molecule has 0 unspecified atom stereocenters. The van der Waals surface area contributed by atoms with Crippen molar-refractivity contribution < 1.29 is 23.2 Å². The molecule has 4 rings (SSSR count). The molecule has 3 aromatic rings. The average molecular weight is 569 g/mol. The summed E-state index contributed by atoms with van der Waals surface area (Å²) in [7, 11) is -4.38. The zero-order valence-corrected chi connectivity index (χ0v) is 22.4. The minimum absolute atomic E-state index is 0.0773. The Balaban J connectivity index is 1.76. The monoisotopic (exact) mass is 568 g/mol. The van der Waals surface area contributed by atoms with E-state index in [2.05, 4.69) is 9.97 Å². The number of benzene rings is 2. The van der Waals surface area contributed by atoms with Crippen molar-refractivity contribution in [2.45, 2.75) is 35.5 Å². The number of carboxylic acid groups (broad SMARTS) is 1. The van der Waals surface area contributed by atoms with Crippen LogP contribution in [0.1, 0.15) is 34.3 Å². The van der Waals surface area contributed by atoms with Crippen LogP contribution in [0.15, 0.2) is 64.8 Å². The number of nitrogens with zero attached hydrogens (tertiary/aromatic N) is 6. The first-order valence-corrected chi connectivity index (χ1v) is 14.5. The van der Waals surface area contributed by atoms with Gasteiger partial charge in [-0.3, -0.25) is 10.1 Å². The fourth-order valence-corrected chi connectivity index (χ4v) is 6.42. The van der Waals surface area contributed by atoms with Crippen molar-refractivity contribution in [1.29, 1.82) is 5.26 Å². The lowest BCUT2D eigenvalue weighted by Gasteiger charge is -2.31. The Kier molecular flexibility index (Phi) is 8.44. The van der Waals surface area contributed by atoms with Gasteiger partial charge in [-0.15, -0.1) is 0 Å². The van der Waals surface area contributed by atoms with Crippen LogP contribution in [0.25, 0.3) is 0 Å². The molecule has 1 aromatic heterocycles. The van der Waals surface area contributed by atoms with Crippen LogP contribution in [-0.2, 0) is 16.6 Å². The second-order valence-corrected chi connectivity index (χ2v) is 11.4. The molecule has 0 radical (unpaired) electrons. The van der Waals surface area contributed by atoms with Crippen molar-refractivity contribution in [2.75, 3.05) is 24.2 Å². The number of nitro benzene ring substituents is 1. The lowest BCUT2D eigenvalue weighted by Crippen LogP contribution is -2.43. The molecule has 1 saturated heterocycles. The number of carboxylic acids is 1. The molecule has 1 aliphatic rings. The number of rotatable bonds is 10. The Morgan fingerprint density at radius 2 is 2.00 bits per heavy atom. The second kappa shape index (κ2) is 11.8. The van der Waals surface area contributed by atoms with Crippen molar-refractivity contribution in [1.82, 2.24) is 14.3 Å². The highest BCUT2D eigenvalue weighted by atomic mass is 32.2. The number of para-hydroxylation sites is 1. The standard InChI is InChI=1S/C25H24N6O6S2/c1-38-25-27-14-20(24(32)33)23(28-25)30-12-4-5-19(30)16-29(15-18-10-8-17(13-26)9-11-18)39(36,37)22-7-3-2-6-21(22)31(34)35/h2-3,6-11,14,19H,4-5,12,15-16H2,1H3,(H,32,33)/t19-/m0/s1. The summed E-state index contributed by atoms with van der Waals surface area (Å²) < 4.78 is 29.0. The van der Waals surface area contributed by atoms with E-state index in [0.29, 0.717) is 35.7 Å². The van der Waals surface area contributed by atoms with E-state index in [-0.39, 0.29) is 24.5 Å². The van der Waals surface area contributed by atoms with E-state index >= 15 is 0 Å². The lowest BCUT2D eigenvalue weighted by atomic mass is 10.1. The van der Waals surface area contributed by atoms with Gasteiger partial charge >= 0.3 is 5.97 Å². The summed E-state index contributed by atoms with van der Waals surface area (Å²) in [5.74, 6) is -1.00. The number of thioether (sulfide) groups is 1. The summed E-state index contributed by atoms with van der Waals surface area (Å²) in [6.07, 6.45) is 4.22. The van der Waals surface area contributed by atoms with Crippen LogP contribution in [0.4, 0.5) is 11.5 Å². The molecule has 1 N–H and O–H groups in total. The van der Waals surface area contributed by atoms with Gasteiger partial charge in [0.25, 0.3) is 5.69 Å². The zero-order valence-electron chi connectivity index (χ0n) is 20.8. The molecular formula is C25H24N6O6S2. The highest BCUT2D eigenvalue weighted by Gasteiger charge is 2.37. The third kappa shape index (κ3) is 6.00. The number of sulfonamides is 1. The van der Waals surface area contributed by atoms with Gasteiger partial charge < -0.3 is 10.0 Å². The van der Waals surface area contributed by atoms with Crippen LogP contribution in [-0.4, -0.2) is 64.1 Å². The molecule has 0 amide bonds. The SMILES string of the molecule is CSc1ncc(C(=O)O)c(N2CCC[C@H]2CN(Cc2ccc(C#N)cc2)S(=O)(=O)c2ccccc2[N+](=O)[O-])n1. The van der Waals surface area contributed by atoms with Gasteiger partial charge in [0.15, 0.2) is 10.1 Å². The number of hydrogen-bond donors (Lipinski definition) is 1. The molecule has 0 bridgehead atoms. The van der Waals surface area contributed by atoms with Gasteiger partial charge in [0.2, 0.25) is 10.0 Å². The minimum atomic E-state index is -4.38. The maximum Gasteiger partial charge on any atom is 0.341 e. The second-order valence-electron chi connectivity index (χ2n) is 8.72. The smallest absolute Gasteiger partial charge is 0.341 e. The Morgan fingerprint density at radius 1 is 1.28 bits per heavy atom. The Labute approximate surface area is 229 Å². The topological polar surface area (TPSA) is 171 Å². The first-order chi connectivity index (χ1) is 18.6. The van der Waals surface area contributed by atoms with Crippen LogP contribution in [0.5, 0.6) is 0 Å². The fraction of sp³-hybridized carbons (Fsp3) is 0.280. The first kappa shape index (κ1) is 28.0. The van der Waals surface area contributed by atoms with Gasteiger partial charge in [-0.2, -0.15) is 9.57 Å². The summed E-state index contributed by atoms with van der Waals surface area (Å²) in [6.45, 7) is 0.258.